The first-order chi connectivity index (χ1) is 5.66. The molecule has 0 aromatic rings. The second kappa shape index (κ2) is 7.64. The fourth-order valence-electron chi connectivity index (χ4n) is 0.733. The third-order valence-electron chi connectivity index (χ3n) is 1.32. The Morgan fingerprint density at radius 3 is 2.58 bits per heavy atom. The van der Waals surface area contributed by atoms with Crippen LogP contribution in [0.5, 0.6) is 0 Å². The highest BCUT2D eigenvalue weighted by Crippen LogP contribution is 2.03. The summed E-state index contributed by atoms with van der Waals surface area (Å²) in [6, 6.07) is 0. The lowest BCUT2D eigenvalue weighted by atomic mass is 10.1. The van der Waals surface area contributed by atoms with Crippen molar-refractivity contribution >= 4 is 28.7 Å². The number of carbonyl (C=O) groups is 1. The summed E-state index contributed by atoms with van der Waals surface area (Å²) in [5.41, 5.74) is 0. The van der Waals surface area contributed by atoms with Crippen molar-refractivity contribution in [2.45, 2.75) is 26.7 Å². The molecule has 0 radical (unpaired) electrons. The van der Waals surface area contributed by atoms with Gasteiger partial charge in [0.25, 0.3) is 0 Å². The average Bonchev–Trinajstić information content (AvgIpc) is 1.98. The zero-order valence-electron chi connectivity index (χ0n) is 7.51. The summed E-state index contributed by atoms with van der Waals surface area (Å²) in [6.45, 7) is 4.75. The molecular weight excluding hydrogens is 271 g/mol. The van der Waals surface area contributed by atoms with Gasteiger partial charge in [-0.05, 0) is 41.4 Å². The van der Waals surface area contributed by atoms with Crippen molar-refractivity contribution < 1.29 is 14.3 Å². The molecule has 12 heavy (non-hydrogen) atoms. The predicted octanol–water partition coefficient (Wildman–Crippen LogP) is 2.97. The van der Waals surface area contributed by atoms with E-state index in [0.717, 1.165) is 12.8 Å². The van der Waals surface area contributed by atoms with Crippen molar-refractivity contribution in [3.05, 3.63) is 0 Å². The Hall–Kier alpha value is 0. The first-order valence-corrected chi connectivity index (χ1v) is 5.55. The number of carbonyl (C=O) groups excluding carboxylic acids is 1. The van der Waals surface area contributed by atoms with Gasteiger partial charge >= 0.3 is 6.16 Å². The van der Waals surface area contributed by atoms with Crippen LogP contribution >= 0.6 is 22.6 Å². The molecule has 0 saturated carbocycles. The monoisotopic (exact) mass is 286 g/mol. The van der Waals surface area contributed by atoms with Gasteiger partial charge in [0.1, 0.15) is 4.61 Å². The van der Waals surface area contributed by atoms with E-state index in [-0.39, 0.29) is 0 Å². The summed E-state index contributed by atoms with van der Waals surface area (Å²) >= 11 is 1.95. The number of alkyl halides is 1. The van der Waals surface area contributed by atoms with E-state index >= 15 is 0 Å². The van der Waals surface area contributed by atoms with Crippen molar-refractivity contribution in [1.29, 1.82) is 0 Å². The third kappa shape index (κ3) is 8.10. The summed E-state index contributed by atoms with van der Waals surface area (Å²) in [5, 5.41) is 0. The summed E-state index contributed by atoms with van der Waals surface area (Å²) < 4.78 is 9.69. The van der Waals surface area contributed by atoms with Gasteiger partial charge in [-0.1, -0.05) is 13.8 Å². The van der Waals surface area contributed by atoms with Crippen LogP contribution in [0, 0.1) is 5.92 Å². The van der Waals surface area contributed by atoms with Gasteiger partial charge in [0, 0.05) is 0 Å². The lowest BCUT2D eigenvalue weighted by Gasteiger charge is -2.05. The van der Waals surface area contributed by atoms with Gasteiger partial charge in [0.15, 0.2) is 0 Å². The maximum Gasteiger partial charge on any atom is 0.509 e. The maximum absolute atomic E-state index is 10.6. The number of rotatable bonds is 5. The summed E-state index contributed by atoms with van der Waals surface area (Å²) in [7, 11) is 0. The molecule has 0 aliphatic carbocycles. The molecule has 0 amide bonds. The highest BCUT2D eigenvalue weighted by molar-refractivity contribution is 14.1. The molecule has 0 bridgehead atoms. The minimum Gasteiger partial charge on any atom is -0.434 e. The maximum atomic E-state index is 10.6. The molecule has 0 aromatic heterocycles. The van der Waals surface area contributed by atoms with E-state index in [4.69, 9.17) is 4.74 Å². The zero-order valence-corrected chi connectivity index (χ0v) is 9.67. The Balaban J connectivity index is 3.14. The fourth-order valence-corrected chi connectivity index (χ4v) is 0.988. The molecule has 0 aromatic carbocycles. The summed E-state index contributed by atoms with van der Waals surface area (Å²) in [5.74, 6) is 0.661. The van der Waals surface area contributed by atoms with Crippen molar-refractivity contribution in [2.75, 3.05) is 11.2 Å². The first kappa shape index (κ1) is 12.0. The van der Waals surface area contributed by atoms with Gasteiger partial charge < -0.3 is 9.47 Å². The number of hydrogen-bond acceptors (Lipinski definition) is 3. The van der Waals surface area contributed by atoms with E-state index in [1.807, 2.05) is 22.6 Å². The number of ether oxygens (including phenoxy) is 2. The predicted molar refractivity (Wildman–Crippen MR) is 55.4 cm³/mol. The van der Waals surface area contributed by atoms with Crippen molar-refractivity contribution in [3.63, 3.8) is 0 Å². The van der Waals surface area contributed by atoms with Crippen LogP contribution in [-0.2, 0) is 9.47 Å². The highest BCUT2D eigenvalue weighted by Gasteiger charge is 2.01. The van der Waals surface area contributed by atoms with E-state index in [9.17, 15) is 4.79 Å². The van der Waals surface area contributed by atoms with E-state index < -0.39 is 6.16 Å². The first-order valence-electron chi connectivity index (χ1n) is 4.02. The van der Waals surface area contributed by atoms with Crippen LogP contribution in [0.4, 0.5) is 4.79 Å². The van der Waals surface area contributed by atoms with Crippen LogP contribution in [0.15, 0.2) is 0 Å². The average molecular weight is 286 g/mol. The van der Waals surface area contributed by atoms with Crippen molar-refractivity contribution in [2.24, 2.45) is 5.92 Å². The third-order valence-corrected chi connectivity index (χ3v) is 1.63. The Morgan fingerprint density at radius 2 is 2.08 bits per heavy atom. The molecule has 3 nitrogen and oxygen atoms in total. The van der Waals surface area contributed by atoms with Gasteiger partial charge in [0.2, 0.25) is 0 Å². The normalized spacial score (nSPS) is 10.0. The fraction of sp³-hybridized carbons (Fsp3) is 0.875. The van der Waals surface area contributed by atoms with Crippen LogP contribution in [0.1, 0.15) is 26.7 Å². The second-order valence-electron chi connectivity index (χ2n) is 2.89. The molecule has 0 atom stereocenters. The largest absolute Gasteiger partial charge is 0.509 e. The van der Waals surface area contributed by atoms with Crippen molar-refractivity contribution in [3.8, 4) is 0 Å². The topological polar surface area (TPSA) is 35.5 Å². The van der Waals surface area contributed by atoms with E-state index in [1.165, 1.54) is 0 Å². The molecule has 0 aliphatic rings. The Bertz CT molecular complexity index is 125. The smallest absolute Gasteiger partial charge is 0.434 e. The molecule has 0 aliphatic heterocycles. The Kier molecular flexibility index (Phi) is 7.64. The molecule has 72 valence electrons. The quantitative estimate of drug-likeness (QED) is 0.337. The standard InChI is InChI=1S/C8H15IO3/c1-7(2)4-3-5-11-8(10)12-6-9/h7H,3-6H2,1-2H3. The van der Waals surface area contributed by atoms with Gasteiger partial charge in [-0.3, -0.25) is 0 Å². The zero-order chi connectivity index (χ0) is 9.40. The molecule has 0 unspecified atom stereocenters. The van der Waals surface area contributed by atoms with E-state index in [1.54, 1.807) is 0 Å². The molecular formula is C8H15IO3. The summed E-state index contributed by atoms with van der Waals surface area (Å²) in [4.78, 5) is 10.6. The second-order valence-corrected chi connectivity index (χ2v) is 3.51. The van der Waals surface area contributed by atoms with Gasteiger partial charge in [0.05, 0.1) is 6.61 Å². The molecule has 0 fully saturated rings. The van der Waals surface area contributed by atoms with Gasteiger partial charge in [-0.25, -0.2) is 4.79 Å². The highest BCUT2D eigenvalue weighted by atomic mass is 127. The minimum atomic E-state index is -0.562. The molecule has 0 spiro atoms. The summed E-state index contributed by atoms with van der Waals surface area (Å²) in [6.07, 6.45) is 1.43. The van der Waals surface area contributed by atoms with Crippen LogP contribution in [-0.4, -0.2) is 17.4 Å². The molecule has 0 heterocycles. The SMILES string of the molecule is CC(C)CCCOC(=O)OCI. The lowest BCUT2D eigenvalue weighted by molar-refractivity contribution is 0.0688. The van der Waals surface area contributed by atoms with Gasteiger partial charge in [-0.15, -0.1) is 0 Å². The minimum absolute atomic E-state index is 0.348. The van der Waals surface area contributed by atoms with Crippen LogP contribution in [0.3, 0.4) is 0 Å². The molecule has 0 saturated heterocycles. The molecule has 0 N–H and O–H groups in total. The van der Waals surface area contributed by atoms with Gasteiger partial charge in [-0.2, -0.15) is 0 Å². The number of hydrogen-bond donors (Lipinski definition) is 0. The van der Waals surface area contributed by atoms with E-state index in [0.29, 0.717) is 17.1 Å². The van der Waals surface area contributed by atoms with E-state index in [2.05, 4.69) is 18.6 Å². The van der Waals surface area contributed by atoms with Crippen molar-refractivity contribution in [1.82, 2.24) is 0 Å². The van der Waals surface area contributed by atoms with Crippen LogP contribution in [0.25, 0.3) is 0 Å². The van der Waals surface area contributed by atoms with Crippen LogP contribution in [0.2, 0.25) is 0 Å². The Labute approximate surface area is 86.9 Å². The Morgan fingerprint density at radius 1 is 1.42 bits per heavy atom. The number of halogens is 1. The molecule has 4 heteroatoms. The molecule has 0 rings (SSSR count). The van der Waals surface area contributed by atoms with Crippen LogP contribution < -0.4 is 0 Å². The lowest BCUT2D eigenvalue weighted by Crippen LogP contribution is -2.07.